The Morgan fingerprint density at radius 2 is 1.82 bits per heavy atom. The van der Waals surface area contributed by atoms with E-state index >= 15 is 0 Å². The number of carboxylic acids is 1. The van der Waals surface area contributed by atoms with Crippen molar-refractivity contribution in [3.05, 3.63) is 29.3 Å². The molecule has 4 fully saturated rings. The van der Waals surface area contributed by atoms with Gasteiger partial charge in [0.1, 0.15) is 5.75 Å². The minimum atomic E-state index is -5.08. The number of rotatable bonds is 3. The maximum atomic E-state index is 13.1. The predicted octanol–water partition coefficient (Wildman–Crippen LogP) is 3.10. The number of amides is 2. The van der Waals surface area contributed by atoms with Crippen LogP contribution in [-0.4, -0.2) is 83.7 Å². The second kappa shape index (κ2) is 10.4. The molecule has 0 bridgehead atoms. The maximum absolute atomic E-state index is 13.1. The minimum absolute atomic E-state index is 0.111. The van der Waals surface area contributed by atoms with E-state index < -0.39 is 12.1 Å². The zero-order valence-electron chi connectivity index (χ0n) is 21.3. The lowest BCUT2D eigenvalue weighted by Crippen LogP contribution is -2.56. The van der Waals surface area contributed by atoms with Gasteiger partial charge >= 0.3 is 12.1 Å². The highest BCUT2D eigenvalue weighted by Crippen LogP contribution is 2.44. The van der Waals surface area contributed by atoms with Crippen molar-refractivity contribution in [3.8, 4) is 5.75 Å². The average Bonchev–Trinajstić information content (AvgIpc) is 3.67. The van der Waals surface area contributed by atoms with Gasteiger partial charge < -0.3 is 25.0 Å². The molecule has 0 unspecified atom stereocenters. The molecule has 1 spiro atoms. The van der Waals surface area contributed by atoms with Gasteiger partial charge in [-0.1, -0.05) is 12.8 Å². The van der Waals surface area contributed by atoms with Crippen molar-refractivity contribution in [1.82, 2.24) is 15.1 Å². The van der Waals surface area contributed by atoms with E-state index in [0.717, 1.165) is 68.2 Å². The van der Waals surface area contributed by atoms with E-state index in [2.05, 4.69) is 10.2 Å². The molecule has 208 valence electrons. The number of aliphatic carboxylic acids is 1. The van der Waals surface area contributed by atoms with Gasteiger partial charge in [-0.25, -0.2) is 4.79 Å². The molecular formula is C27H34F3N3O5. The van der Waals surface area contributed by atoms with E-state index in [4.69, 9.17) is 14.6 Å². The Morgan fingerprint density at radius 1 is 1.13 bits per heavy atom. The van der Waals surface area contributed by atoms with Crippen LogP contribution in [0.15, 0.2) is 18.2 Å². The van der Waals surface area contributed by atoms with Crippen LogP contribution in [0, 0.1) is 17.8 Å². The van der Waals surface area contributed by atoms with Gasteiger partial charge in [0.15, 0.2) is 0 Å². The predicted molar refractivity (Wildman–Crippen MR) is 131 cm³/mol. The molecule has 4 heterocycles. The number of carbonyl (C=O) groups excluding carboxylic acids is 2. The molecule has 0 radical (unpaired) electrons. The fraction of sp³-hybridized carbons (Fsp3) is 0.667. The number of piperidine rings is 1. The van der Waals surface area contributed by atoms with Gasteiger partial charge in [-0.2, -0.15) is 13.2 Å². The molecule has 1 aromatic carbocycles. The van der Waals surface area contributed by atoms with Crippen LogP contribution < -0.4 is 10.1 Å². The zero-order chi connectivity index (χ0) is 27.1. The Hall–Kier alpha value is -2.82. The lowest BCUT2D eigenvalue weighted by Gasteiger charge is -2.43. The number of hydrogen-bond acceptors (Lipinski definition) is 5. The van der Waals surface area contributed by atoms with Crippen LogP contribution >= 0.6 is 0 Å². The molecule has 1 saturated carbocycles. The molecule has 2 amide bonds. The van der Waals surface area contributed by atoms with Crippen molar-refractivity contribution in [1.29, 1.82) is 0 Å². The summed E-state index contributed by atoms with van der Waals surface area (Å²) in [6.45, 7) is 5.28. The zero-order valence-corrected chi connectivity index (χ0v) is 21.3. The molecule has 1 aliphatic carbocycles. The van der Waals surface area contributed by atoms with Crippen LogP contribution in [0.25, 0.3) is 0 Å². The normalized spacial score (nSPS) is 26.4. The molecule has 3 saturated heterocycles. The van der Waals surface area contributed by atoms with E-state index in [1.165, 1.54) is 32.2 Å². The summed E-state index contributed by atoms with van der Waals surface area (Å²) >= 11 is 0. The van der Waals surface area contributed by atoms with E-state index in [9.17, 15) is 22.8 Å². The van der Waals surface area contributed by atoms with Gasteiger partial charge in [0.25, 0.3) is 5.91 Å². The summed E-state index contributed by atoms with van der Waals surface area (Å²) in [7, 11) is 0. The lowest BCUT2D eigenvalue weighted by atomic mass is 9.75. The molecular weight excluding hydrogens is 503 g/mol. The van der Waals surface area contributed by atoms with E-state index in [1.807, 2.05) is 23.1 Å². The van der Waals surface area contributed by atoms with Gasteiger partial charge in [-0.15, -0.1) is 0 Å². The highest BCUT2D eigenvalue weighted by atomic mass is 19.4. The molecule has 4 aliphatic heterocycles. The topological polar surface area (TPSA) is 99.2 Å². The molecule has 38 heavy (non-hydrogen) atoms. The second-order valence-electron chi connectivity index (χ2n) is 11.2. The van der Waals surface area contributed by atoms with Crippen LogP contribution in [0.3, 0.4) is 0 Å². The Morgan fingerprint density at radius 3 is 2.47 bits per heavy atom. The van der Waals surface area contributed by atoms with Crippen LogP contribution in [0.4, 0.5) is 13.2 Å². The van der Waals surface area contributed by atoms with Crippen molar-refractivity contribution in [2.75, 3.05) is 39.3 Å². The Bertz CT molecular complexity index is 1080. The van der Waals surface area contributed by atoms with Crippen LogP contribution in [0.5, 0.6) is 5.75 Å². The molecule has 2 atom stereocenters. The van der Waals surface area contributed by atoms with Gasteiger partial charge in [0, 0.05) is 56.2 Å². The monoisotopic (exact) mass is 537 g/mol. The molecule has 8 nitrogen and oxygen atoms in total. The summed E-state index contributed by atoms with van der Waals surface area (Å²) in [4.78, 5) is 39.4. The third-order valence-electron chi connectivity index (χ3n) is 8.93. The maximum Gasteiger partial charge on any atom is 0.490 e. The number of nitrogens with zero attached hydrogens (tertiary/aromatic N) is 2. The Labute approximate surface area is 219 Å². The highest BCUT2D eigenvalue weighted by molar-refractivity contribution is 5.95. The van der Waals surface area contributed by atoms with Crippen molar-refractivity contribution in [2.45, 2.75) is 56.7 Å². The van der Waals surface area contributed by atoms with Crippen LogP contribution in [0.1, 0.15) is 54.4 Å². The number of carbonyl (C=O) groups is 3. The highest BCUT2D eigenvalue weighted by Gasteiger charge is 2.57. The second-order valence-corrected chi connectivity index (χ2v) is 11.2. The third-order valence-corrected chi connectivity index (χ3v) is 8.93. The molecule has 5 aliphatic rings. The number of hydrogen-bond donors (Lipinski definition) is 2. The molecule has 0 aromatic heterocycles. The summed E-state index contributed by atoms with van der Waals surface area (Å²) in [5, 5.41) is 10.5. The summed E-state index contributed by atoms with van der Waals surface area (Å²) in [6.07, 6.45) is 3.00. The van der Waals surface area contributed by atoms with E-state index in [-0.39, 0.29) is 23.3 Å². The fourth-order valence-electron chi connectivity index (χ4n) is 6.96. The summed E-state index contributed by atoms with van der Waals surface area (Å²) in [5.41, 5.74) is 1.78. The van der Waals surface area contributed by atoms with Crippen LogP contribution in [-0.2, 0) is 16.0 Å². The fourth-order valence-corrected chi connectivity index (χ4v) is 6.96. The first-order chi connectivity index (χ1) is 18.1. The summed E-state index contributed by atoms with van der Waals surface area (Å²) in [5.74, 6) is -0.118. The van der Waals surface area contributed by atoms with Crippen molar-refractivity contribution in [2.24, 2.45) is 17.8 Å². The van der Waals surface area contributed by atoms with Gasteiger partial charge in [0.05, 0.1) is 12.5 Å². The number of alkyl halides is 3. The molecule has 2 N–H and O–H groups in total. The average molecular weight is 538 g/mol. The standard InChI is InChI=1S/C25H33N3O3.C2HF3O2/c29-23-20-15-27(14-17-3-1-2-4-17)16-21(20)25(26-23)8-10-28(11-9-25)24(30)19-5-6-22-18(13-19)7-12-31-22;3-2(4,5)1(6)7/h5-6,13,17,20-21H,1-4,7-12,14-16H2,(H,26,29);(H,6,7)/t20-,21+;/m1./s1. The van der Waals surface area contributed by atoms with Crippen molar-refractivity contribution >= 4 is 17.8 Å². The first-order valence-electron chi connectivity index (χ1n) is 13.5. The number of nitrogens with one attached hydrogen (secondary N) is 1. The van der Waals surface area contributed by atoms with Gasteiger partial charge in [0.2, 0.25) is 5.91 Å². The minimum Gasteiger partial charge on any atom is -0.493 e. The van der Waals surface area contributed by atoms with E-state index in [1.54, 1.807) is 0 Å². The smallest absolute Gasteiger partial charge is 0.490 e. The number of benzene rings is 1. The largest absolute Gasteiger partial charge is 0.493 e. The van der Waals surface area contributed by atoms with E-state index in [0.29, 0.717) is 12.5 Å². The number of halogens is 3. The first kappa shape index (κ1) is 26.8. The number of likely N-dealkylation sites (tertiary alicyclic amines) is 2. The van der Waals surface area contributed by atoms with Gasteiger partial charge in [-0.3, -0.25) is 9.59 Å². The SMILES string of the molecule is O=C(O)C(F)(F)F.O=C1NC2(CCN(C(=O)c3ccc4c(c3)CCO4)CC2)[C@H]2CN(CC3CCCC3)C[C@@H]12. The number of ether oxygens (including phenoxy) is 1. The Kier molecular flexibility index (Phi) is 7.32. The number of fused-ring (bicyclic) bond motifs is 3. The summed E-state index contributed by atoms with van der Waals surface area (Å²) < 4.78 is 37.3. The lowest BCUT2D eigenvalue weighted by molar-refractivity contribution is -0.192. The Balaban J connectivity index is 0.000000374. The molecule has 11 heteroatoms. The third kappa shape index (κ3) is 5.34. The quantitative estimate of drug-likeness (QED) is 0.615. The van der Waals surface area contributed by atoms with Crippen molar-refractivity contribution in [3.63, 3.8) is 0 Å². The van der Waals surface area contributed by atoms with Crippen molar-refractivity contribution < 1.29 is 37.4 Å². The van der Waals surface area contributed by atoms with Gasteiger partial charge in [-0.05, 0) is 55.4 Å². The first-order valence-corrected chi connectivity index (χ1v) is 13.5. The number of carboxylic acid groups (broad SMARTS) is 1. The summed E-state index contributed by atoms with van der Waals surface area (Å²) in [6, 6.07) is 5.82. The molecule has 1 aromatic rings. The molecule has 6 rings (SSSR count). The van der Waals surface area contributed by atoms with Crippen LogP contribution in [0.2, 0.25) is 0 Å².